The predicted octanol–water partition coefficient (Wildman–Crippen LogP) is 1.40. The van der Waals surface area contributed by atoms with E-state index in [9.17, 15) is 0 Å². The summed E-state index contributed by atoms with van der Waals surface area (Å²) >= 11 is 0. The first kappa shape index (κ1) is 4.14. The van der Waals surface area contributed by atoms with Crippen LogP contribution in [0.2, 0.25) is 0 Å². The Labute approximate surface area is 42.6 Å². The Hall–Kier alpha value is -1.03. The molecule has 0 aliphatic heterocycles. The van der Waals surface area contributed by atoms with E-state index in [1.54, 1.807) is 0 Å². The van der Waals surface area contributed by atoms with Crippen molar-refractivity contribution >= 4 is 0 Å². The van der Waals surface area contributed by atoms with E-state index >= 15 is 0 Å². The lowest BCUT2D eigenvalue weighted by atomic mass is 9.95. The fourth-order valence-corrected chi connectivity index (χ4v) is 0.473. The molecule has 0 saturated heterocycles. The van der Waals surface area contributed by atoms with E-state index in [4.69, 9.17) is 5.26 Å². The van der Waals surface area contributed by atoms with E-state index in [1.807, 2.05) is 12.1 Å². The molecule has 0 spiro atoms. The lowest BCUT2D eigenvalue weighted by molar-refractivity contribution is 1.15. The molecule has 0 heterocycles. The molecule has 0 aromatic carbocycles. The Bertz CT molecular complexity index is 169. The zero-order valence-electron chi connectivity index (χ0n) is 3.94. The summed E-state index contributed by atoms with van der Waals surface area (Å²) in [6, 6.07) is 2.01. The molecule has 1 heteroatoms. The summed E-state index contributed by atoms with van der Waals surface area (Å²) in [5, 5.41) is 8.18. The predicted molar refractivity (Wildman–Crippen MR) is 27.5 cm³/mol. The van der Waals surface area contributed by atoms with Crippen LogP contribution >= 0.6 is 0 Å². The monoisotopic (exact) mass is 91.0 g/mol. The Kier molecular flexibility index (Phi) is 0.729. The summed E-state index contributed by atoms with van der Waals surface area (Å²) in [7, 11) is 0. The van der Waals surface area contributed by atoms with E-state index in [0.29, 0.717) is 0 Å². The number of nitrogens with zero attached hydrogens (tertiary/aromatic N) is 1. The molecule has 0 saturated carbocycles. The summed E-state index contributed by atoms with van der Waals surface area (Å²) in [6.07, 6.45) is 2.78. The van der Waals surface area contributed by atoms with Gasteiger partial charge in [-0.1, -0.05) is 12.7 Å². The van der Waals surface area contributed by atoms with Gasteiger partial charge in [0.05, 0.1) is 11.6 Å². The molecule has 0 N–H and O–H groups in total. The van der Waals surface area contributed by atoms with Gasteiger partial charge in [-0.05, 0) is 12.0 Å². The largest absolute Gasteiger partial charge is 0.192 e. The van der Waals surface area contributed by atoms with E-state index in [-0.39, 0.29) is 0 Å². The molecule has 34 valence electrons. The summed E-state index contributed by atoms with van der Waals surface area (Å²) in [5.41, 5.74) is 1.74. The van der Waals surface area contributed by atoms with Crippen LogP contribution in [0.3, 0.4) is 0 Å². The van der Waals surface area contributed by atoms with Crippen molar-refractivity contribution < 1.29 is 0 Å². The van der Waals surface area contributed by atoms with Crippen LogP contribution in [0.15, 0.2) is 23.8 Å². The van der Waals surface area contributed by atoms with Crippen molar-refractivity contribution in [2.45, 2.75) is 6.42 Å². The molecule has 0 aromatic rings. The molecule has 1 rings (SSSR count). The topological polar surface area (TPSA) is 23.8 Å². The van der Waals surface area contributed by atoms with Gasteiger partial charge in [-0.25, -0.2) is 0 Å². The van der Waals surface area contributed by atoms with Crippen LogP contribution < -0.4 is 0 Å². The van der Waals surface area contributed by atoms with E-state index < -0.39 is 0 Å². The van der Waals surface area contributed by atoms with Crippen LogP contribution in [0.25, 0.3) is 0 Å². The zero-order valence-corrected chi connectivity index (χ0v) is 3.94. The molecule has 0 bridgehead atoms. The Morgan fingerprint density at radius 2 is 2.57 bits per heavy atom. The number of rotatable bonds is 0. The maximum absolute atomic E-state index is 8.18. The molecule has 0 radical (unpaired) electrons. The molecule has 0 aromatic heterocycles. The van der Waals surface area contributed by atoms with Gasteiger partial charge in [0.25, 0.3) is 0 Å². The van der Waals surface area contributed by atoms with E-state index in [2.05, 4.69) is 6.58 Å². The van der Waals surface area contributed by atoms with Gasteiger partial charge >= 0.3 is 0 Å². The van der Waals surface area contributed by atoms with Crippen molar-refractivity contribution in [3.05, 3.63) is 23.8 Å². The van der Waals surface area contributed by atoms with Crippen molar-refractivity contribution in [3.63, 3.8) is 0 Å². The van der Waals surface area contributed by atoms with Crippen molar-refractivity contribution in [1.29, 1.82) is 5.26 Å². The third-order valence-electron chi connectivity index (χ3n) is 1.05. The van der Waals surface area contributed by atoms with Gasteiger partial charge in [0.2, 0.25) is 0 Å². The molecular formula is C6H5N. The number of hydrogen-bond acceptors (Lipinski definition) is 1. The Morgan fingerprint density at radius 1 is 1.86 bits per heavy atom. The van der Waals surface area contributed by atoms with Crippen molar-refractivity contribution in [2.75, 3.05) is 0 Å². The maximum Gasteiger partial charge on any atom is 0.0991 e. The van der Waals surface area contributed by atoms with Crippen molar-refractivity contribution in [3.8, 4) is 6.07 Å². The highest BCUT2D eigenvalue weighted by Gasteiger charge is 2.07. The molecule has 0 fully saturated rings. The van der Waals surface area contributed by atoms with Gasteiger partial charge in [0.1, 0.15) is 0 Å². The molecule has 0 atom stereocenters. The first-order chi connectivity index (χ1) is 3.34. The van der Waals surface area contributed by atoms with Gasteiger partial charge < -0.3 is 0 Å². The second-order valence-corrected chi connectivity index (χ2v) is 1.54. The Morgan fingerprint density at radius 3 is 2.57 bits per heavy atom. The smallest absolute Gasteiger partial charge is 0.0991 e. The average molecular weight is 91.1 g/mol. The second kappa shape index (κ2) is 1.23. The van der Waals surface area contributed by atoms with Crippen LogP contribution in [0.5, 0.6) is 0 Å². The van der Waals surface area contributed by atoms with Gasteiger partial charge in [0.15, 0.2) is 0 Å². The van der Waals surface area contributed by atoms with Gasteiger partial charge in [-0.3, -0.25) is 0 Å². The lowest BCUT2D eigenvalue weighted by Crippen LogP contribution is -1.93. The van der Waals surface area contributed by atoms with Crippen molar-refractivity contribution in [2.24, 2.45) is 0 Å². The fraction of sp³-hybridized carbons (Fsp3) is 0.167. The van der Waals surface area contributed by atoms with E-state index in [0.717, 1.165) is 17.6 Å². The highest BCUT2D eigenvalue weighted by molar-refractivity contribution is 5.49. The van der Waals surface area contributed by atoms with Crippen LogP contribution in [0.1, 0.15) is 6.42 Å². The van der Waals surface area contributed by atoms with Crippen LogP contribution in [0.4, 0.5) is 0 Å². The number of hydrogen-bond donors (Lipinski definition) is 0. The first-order valence-electron chi connectivity index (χ1n) is 2.13. The second-order valence-electron chi connectivity index (χ2n) is 1.54. The minimum Gasteiger partial charge on any atom is -0.192 e. The minimum absolute atomic E-state index is 0.764. The van der Waals surface area contributed by atoms with Gasteiger partial charge in [-0.2, -0.15) is 5.26 Å². The normalized spacial score (nSPS) is 17.0. The standard InChI is InChI=1S/C6H5N/c1-5-2-3-6(5)4-7/h3H,1-2H2. The molecule has 0 unspecified atom stereocenters. The molecule has 1 aliphatic rings. The highest BCUT2D eigenvalue weighted by Crippen LogP contribution is 2.21. The summed E-state index contributed by atoms with van der Waals surface area (Å²) in [5.74, 6) is 0. The number of allylic oxidation sites excluding steroid dienone is 3. The summed E-state index contributed by atoms with van der Waals surface area (Å²) in [4.78, 5) is 0. The molecule has 7 heavy (non-hydrogen) atoms. The maximum atomic E-state index is 8.18. The molecule has 0 amide bonds. The quantitative estimate of drug-likeness (QED) is 0.442. The van der Waals surface area contributed by atoms with Crippen LogP contribution in [0, 0.1) is 11.3 Å². The third kappa shape index (κ3) is 0.441. The van der Waals surface area contributed by atoms with E-state index in [1.165, 1.54) is 0 Å². The molecule has 1 aliphatic carbocycles. The van der Waals surface area contributed by atoms with Crippen LogP contribution in [-0.2, 0) is 0 Å². The van der Waals surface area contributed by atoms with Gasteiger partial charge in [0, 0.05) is 0 Å². The summed E-state index contributed by atoms with van der Waals surface area (Å²) in [6.45, 7) is 3.62. The highest BCUT2D eigenvalue weighted by atomic mass is 14.3. The molecular weight excluding hydrogens is 86.1 g/mol. The van der Waals surface area contributed by atoms with Crippen LogP contribution in [-0.4, -0.2) is 0 Å². The lowest BCUT2D eigenvalue weighted by Gasteiger charge is -2.07. The average Bonchev–Trinajstić information content (AvgIpc) is 1.65. The first-order valence-corrected chi connectivity index (χ1v) is 2.13. The zero-order chi connectivity index (χ0) is 5.28. The number of nitriles is 1. The summed E-state index contributed by atoms with van der Waals surface area (Å²) < 4.78 is 0. The molecule has 1 nitrogen and oxygen atoms in total. The fourth-order valence-electron chi connectivity index (χ4n) is 0.473. The Balaban J connectivity index is 2.81. The third-order valence-corrected chi connectivity index (χ3v) is 1.05. The van der Waals surface area contributed by atoms with Gasteiger partial charge in [-0.15, -0.1) is 0 Å². The minimum atomic E-state index is 0.764. The SMILES string of the molecule is C=C1CC=C1C#N. The van der Waals surface area contributed by atoms with Crippen molar-refractivity contribution in [1.82, 2.24) is 0 Å².